The maximum Gasteiger partial charge on any atom is 0.257 e. The van der Waals surface area contributed by atoms with Gasteiger partial charge in [0.2, 0.25) is 10.0 Å². The second-order valence-electron chi connectivity index (χ2n) is 5.54. The Morgan fingerprint density at radius 3 is 2.46 bits per heavy atom. The first-order valence-electron chi connectivity index (χ1n) is 7.48. The van der Waals surface area contributed by atoms with Gasteiger partial charge in [-0.3, -0.25) is 4.79 Å². The molecule has 1 fully saturated rings. The number of furan rings is 1. The Bertz CT molecular complexity index is 854. The van der Waals surface area contributed by atoms with Crippen molar-refractivity contribution in [1.82, 2.24) is 9.21 Å². The highest BCUT2D eigenvalue weighted by molar-refractivity contribution is 9.10. The summed E-state index contributed by atoms with van der Waals surface area (Å²) < 4.78 is 32.7. The number of carbonyl (C=O) groups excluding carboxylic acids is 1. The van der Waals surface area contributed by atoms with Crippen molar-refractivity contribution in [2.45, 2.75) is 11.8 Å². The molecule has 0 radical (unpaired) electrons. The molecule has 0 aliphatic carbocycles. The molecule has 0 unspecified atom stereocenters. The average molecular weight is 413 g/mol. The second-order valence-corrected chi connectivity index (χ2v) is 8.40. The summed E-state index contributed by atoms with van der Waals surface area (Å²) in [6.45, 7) is 3.00. The number of sulfonamides is 1. The van der Waals surface area contributed by atoms with Gasteiger partial charge >= 0.3 is 0 Å². The van der Waals surface area contributed by atoms with E-state index in [2.05, 4.69) is 15.9 Å². The maximum absolute atomic E-state index is 12.7. The monoisotopic (exact) mass is 412 g/mol. The number of rotatable bonds is 3. The summed E-state index contributed by atoms with van der Waals surface area (Å²) in [6, 6.07) is 8.28. The summed E-state index contributed by atoms with van der Waals surface area (Å²) in [6.07, 6.45) is 1.48. The Balaban J connectivity index is 1.71. The molecule has 1 aromatic heterocycles. The molecule has 8 heteroatoms. The number of aryl methyl sites for hydroxylation is 1. The van der Waals surface area contributed by atoms with Crippen LogP contribution in [0.4, 0.5) is 0 Å². The topological polar surface area (TPSA) is 70.8 Å². The molecule has 3 rings (SSSR count). The molecule has 1 saturated heterocycles. The maximum atomic E-state index is 12.7. The number of nitrogens with zero attached hydrogens (tertiary/aromatic N) is 2. The first kappa shape index (κ1) is 17.2. The first-order valence-corrected chi connectivity index (χ1v) is 9.72. The number of halogens is 1. The van der Waals surface area contributed by atoms with E-state index in [4.69, 9.17) is 4.42 Å². The van der Waals surface area contributed by atoms with Gasteiger partial charge in [-0.05, 0) is 31.2 Å². The molecular formula is C16H17BrN2O4S. The summed E-state index contributed by atoms with van der Waals surface area (Å²) >= 11 is 3.29. The molecule has 0 spiro atoms. The van der Waals surface area contributed by atoms with Crippen molar-refractivity contribution in [2.75, 3.05) is 26.2 Å². The van der Waals surface area contributed by atoms with Crippen LogP contribution >= 0.6 is 15.9 Å². The van der Waals surface area contributed by atoms with Gasteiger partial charge in [-0.25, -0.2) is 8.42 Å². The molecule has 0 N–H and O–H groups in total. The fourth-order valence-electron chi connectivity index (χ4n) is 2.69. The van der Waals surface area contributed by atoms with Crippen molar-refractivity contribution in [3.63, 3.8) is 0 Å². The fraction of sp³-hybridized carbons (Fsp3) is 0.312. The van der Waals surface area contributed by atoms with Crippen LogP contribution in [0.5, 0.6) is 0 Å². The number of benzene rings is 1. The van der Waals surface area contributed by atoms with Crippen LogP contribution in [0.2, 0.25) is 0 Å². The van der Waals surface area contributed by atoms with Gasteiger partial charge in [0.05, 0.1) is 16.7 Å². The van der Waals surface area contributed by atoms with Crippen LogP contribution in [-0.2, 0) is 10.0 Å². The summed E-state index contributed by atoms with van der Waals surface area (Å²) in [7, 11) is -3.55. The predicted molar refractivity (Wildman–Crippen MR) is 92.2 cm³/mol. The zero-order valence-electron chi connectivity index (χ0n) is 13.1. The van der Waals surface area contributed by atoms with Gasteiger partial charge in [-0.1, -0.05) is 22.0 Å². The van der Waals surface area contributed by atoms with E-state index in [1.807, 2.05) is 0 Å². The Labute approximate surface area is 149 Å². The van der Waals surface area contributed by atoms with E-state index in [9.17, 15) is 13.2 Å². The van der Waals surface area contributed by atoms with Crippen molar-refractivity contribution in [3.05, 3.63) is 52.4 Å². The molecule has 6 nitrogen and oxygen atoms in total. The van der Waals surface area contributed by atoms with E-state index in [1.54, 1.807) is 42.2 Å². The van der Waals surface area contributed by atoms with E-state index >= 15 is 0 Å². The lowest BCUT2D eigenvalue weighted by Crippen LogP contribution is -2.50. The van der Waals surface area contributed by atoms with Crippen molar-refractivity contribution in [3.8, 4) is 0 Å². The molecule has 0 saturated carbocycles. The Morgan fingerprint density at radius 2 is 1.88 bits per heavy atom. The van der Waals surface area contributed by atoms with Gasteiger partial charge in [0.15, 0.2) is 0 Å². The predicted octanol–water partition coefficient (Wildman–Crippen LogP) is 2.50. The van der Waals surface area contributed by atoms with E-state index in [1.165, 1.54) is 10.6 Å². The minimum atomic E-state index is -3.55. The van der Waals surface area contributed by atoms with Gasteiger partial charge in [0.25, 0.3) is 5.91 Å². The van der Waals surface area contributed by atoms with Gasteiger partial charge in [-0.15, -0.1) is 0 Å². The summed E-state index contributed by atoms with van der Waals surface area (Å²) in [5, 5.41) is 0. The highest BCUT2D eigenvalue weighted by atomic mass is 79.9. The highest BCUT2D eigenvalue weighted by Crippen LogP contribution is 2.22. The smallest absolute Gasteiger partial charge is 0.257 e. The third kappa shape index (κ3) is 3.26. The first-order chi connectivity index (χ1) is 11.4. The molecule has 2 aromatic rings. The van der Waals surface area contributed by atoms with Crippen LogP contribution in [0.1, 0.15) is 16.1 Å². The zero-order chi connectivity index (χ0) is 17.3. The Morgan fingerprint density at radius 1 is 1.17 bits per heavy atom. The van der Waals surface area contributed by atoms with E-state index in [0.717, 1.165) is 0 Å². The van der Waals surface area contributed by atoms with Crippen LogP contribution < -0.4 is 0 Å². The molecule has 24 heavy (non-hydrogen) atoms. The number of piperazine rings is 1. The van der Waals surface area contributed by atoms with Crippen LogP contribution in [0.15, 0.2) is 50.4 Å². The fourth-order valence-corrected chi connectivity index (χ4v) is 4.70. The van der Waals surface area contributed by atoms with Crippen LogP contribution in [0, 0.1) is 6.92 Å². The number of carbonyl (C=O) groups is 1. The highest BCUT2D eigenvalue weighted by Gasteiger charge is 2.31. The van der Waals surface area contributed by atoms with Crippen LogP contribution in [0.3, 0.4) is 0 Å². The molecule has 0 bridgehead atoms. The summed E-state index contributed by atoms with van der Waals surface area (Å²) in [5.74, 6) is 0.449. The zero-order valence-corrected chi connectivity index (χ0v) is 15.5. The summed E-state index contributed by atoms with van der Waals surface area (Å²) in [5.41, 5.74) is 0.526. The lowest BCUT2D eigenvalue weighted by molar-refractivity contribution is 0.0696. The Hall–Kier alpha value is -1.64. The van der Waals surface area contributed by atoms with E-state index in [0.29, 0.717) is 28.9 Å². The second kappa shape index (κ2) is 6.70. The van der Waals surface area contributed by atoms with Crippen molar-refractivity contribution in [2.24, 2.45) is 0 Å². The van der Waals surface area contributed by atoms with Crippen molar-refractivity contribution < 1.29 is 17.6 Å². The third-order valence-corrected chi connectivity index (χ3v) is 6.44. The third-order valence-electron chi connectivity index (χ3n) is 4.05. The van der Waals surface area contributed by atoms with E-state index in [-0.39, 0.29) is 23.9 Å². The number of hydrogen-bond acceptors (Lipinski definition) is 4. The molecular weight excluding hydrogens is 396 g/mol. The van der Waals surface area contributed by atoms with Crippen LogP contribution in [-0.4, -0.2) is 49.7 Å². The van der Waals surface area contributed by atoms with Crippen molar-refractivity contribution in [1.29, 1.82) is 0 Å². The summed E-state index contributed by atoms with van der Waals surface area (Å²) in [4.78, 5) is 14.4. The molecule has 1 aliphatic heterocycles. The molecule has 2 heterocycles. The minimum absolute atomic E-state index is 0.124. The average Bonchev–Trinajstić information content (AvgIpc) is 3.00. The lowest BCUT2D eigenvalue weighted by Gasteiger charge is -2.34. The molecule has 0 atom stereocenters. The Kier molecular flexibility index (Phi) is 4.80. The van der Waals surface area contributed by atoms with Crippen molar-refractivity contribution >= 4 is 31.9 Å². The normalized spacial score (nSPS) is 16.3. The largest absolute Gasteiger partial charge is 0.469 e. The van der Waals surface area contributed by atoms with Gasteiger partial charge in [0, 0.05) is 30.7 Å². The van der Waals surface area contributed by atoms with Gasteiger partial charge < -0.3 is 9.32 Å². The molecule has 128 valence electrons. The van der Waals surface area contributed by atoms with Gasteiger partial charge in [-0.2, -0.15) is 4.31 Å². The van der Waals surface area contributed by atoms with E-state index < -0.39 is 10.0 Å². The SMILES string of the molecule is Cc1occc1C(=O)N1CCN(S(=O)(=O)c2cccc(Br)c2)CC1. The molecule has 1 amide bonds. The number of hydrogen-bond donors (Lipinski definition) is 0. The quantitative estimate of drug-likeness (QED) is 0.776. The lowest BCUT2D eigenvalue weighted by atomic mass is 10.2. The molecule has 1 aromatic carbocycles. The number of amides is 1. The standard InChI is InChI=1S/C16H17BrN2O4S/c1-12-15(5-10-23-12)16(20)18-6-8-19(9-7-18)24(21,22)14-4-2-3-13(17)11-14/h2-5,10-11H,6-9H2,1H3. The minimum Gasteiger partial charge on any atom is -0.469 e. The van der Waals surface area contributed by atoms with Gasteiger partial charge in [0.1, 0.15) is 5.76 Å². The van der Waals surface area contributed by atoms with Crippen LogP contribution in [0.25, 0.3) is 0 Å². The molecule has 1 aliphatic rings.